The Morgan fingerprint density at radius 2 is 2.05 bits per heavy atom. The van der Waals surface area contributed by atoms with Crippen molar-refractivity contribution < 1.29 is 9.90 Å². The SMILES string of the molecule is Cc1ccc(C(=O)NC(c2cccs2)C(C)C)c(O)c1. The Kier molecular flexibility index (Phi) is 4.45. The molecule has 1 atom stereocenters. The maximum atomic E-state index is 12.3. The first kappa shape index (κ1) is 14.6. The number of benzene rings is 1. The van der Waals surface area contributed by atoms with Gasteiger partial charge in [-0.1, -0.05) is 26.0 Å². The number of aryl methyl sites for hydroxylation is 1. The summed E-state index contributed by atoms with van der Waals surface area (Å²) in [6.07, 6.45) is 0. The minimum atomic E-state index is -0.241. The van der Waals surface area contributed by atoms with Gasteiger partial charge in [0.25, 0.3) is 5.91 Å². The van der Waals surface area contributed by atoms with E-state index < -0.39 is 0 Å². The molecule has 1 unspecified atom stereocenters. The van der Waals surface area contributed by atoms with Crippen LogP contribution in [0.1, 0.15) is 40.7 Å². The number of nitrogens with one attached hydrogen (secondary N) is 1. The highest BCUT2D eigenvalue weighted by molar-refractivity contribution is 7.10. The minimum Gasteiger partial charge on any atom is -0.507 e. The summed E-state index contributed by atoms with van der Waals surface area (Å²) in [6, 6.07) is 9.04. The van der Waals surface area contributed by atoms with Crippen molar-refractivity contribution in [3.8, 4) is 5.75 Å². The van der Waals surface area contributed by atoms with E-state index in [2.05, 4.69) is 19.2 Å². The van der Waals surface area contributed by atoms with Crippen molar-refractivity contribution in [1.82, 2.24) is 5.32 Å². The average Bonchev–Trinajstić information content (AvgIpc) is 2.88. The molecule has 0 spiro atoms. The number of hydrogen-bond acceptors (Lipinski definition) is 3. The van der Waals surface area contributed by atoms with Crippen LogP contribution in [0.25, 0.3) is 0 Å². The molecule has 0 radical (unpaired) electrons. The Balaban J connectivity index is 2.21. The Bertz CT molecular complexity index is 591. The van der Waals surface area contributed by atoms with Crippen LogP contribution in [0.15, 0.2) is 35.7 Å². The van der Waals surface area contributed by atoms with Gasteiger partial charge in [-0.2, -0.15) is 0 Å². The minimum absolute atomic E-state index is 0.0242. The van der Waals surface area contributed by atoms with Crippen LogP contribution in [-0.2, 0) is 0 Å². The quantitative estimate of drug-likeness (QED) is 0.897. The molecular weight excluding hydrogens is 270 g/mol. The monoisotopic (exact) mass is 289 g/mol. The van der Waals surface area contributed by atoms with E-state index in [1.807, 2.05) is 30.5 Å². The van der Waals surface area contributed by atoms with E-state index in [0.717, 1.165) is 10.4 Å². The fourth-order valence-corrected chi connectivity index (χ4v) is 3.04. The van der Waals surface area contributed by atoms with E-state index in [9.17, 15) is 9.90 Å². The van der Waals surface area contributed by atoms with Crippen molar-refractivity contribution in [2.45, 2.75) is 26.8 Å². The lowest BCUT2D eigenvalue weighted by atomic mass is 10.0. The molecule has 0 saturated heterocycles. The molecule has 1 amide bonds. The van der Waals surface area contributed by atoms with Crippen LogP contribution in [0, 0.1) is 12.8 Å². The van der Waals surface area contributed by atoms with Crippen molar-refractivity contribution in [3.05, 3.63) is 51.7 Å². The van der Waals surface area contributed by atoms with Crippen LogP contribution in [-0.4, -0.2) is 11.0 Å². The maximum Gasteiger partial charge on any atom is 0.255 e. The van der Waals surface area contributed by atoms with Crippen LogP contribution >= 0.6 is 11.3 Å². The molecule has 2 N–H and O–H groups in total. The average molecular weight is 289 g/mol. The maximum absolute atomic E-state index is 12.3. The van der Waals surface area contributed by atoms with Crippen molar-refractivity contribution in [1.29, 1.82) is 0 Å². The van der Waals surface area contributed by atoms with Gasteiger partial charge < -0.3 is 10.4 Å². The number of phenols is 1. The third-order valence-electron chi connectivity index (χ3n) is 3.20. The largest absolute Gasteiger partial charge is 0.507 e. The summed E-state index contributed by atoms with van der Waals surface area (Å²) in [6.45, 7) is 6.02. The van der Waals surface area contributed by atoms with E-state index in [-0.39, 0.29) is 23.6 Å². The molecule has 1 heterocycles. The number of rotatable bonds is 4. The van der Waals surface area contributed by atoms with Gasteiger partial charge in [0.2, 0.25) is 0 Å². The summed E-state index contributed by atoms with van der Waals surface area (Å²) in [5.74, 6) is 0.0657. The first-order valence-corrected chi connectivity index (χ1v) is 7.51. The highest BCUT2D eigenvalue weighted by atomic mass is 32.1. The third-order valence-corrected chi connectivity index (χ3v) is 4.16. The lowest BCUT2D eigenvalue weighted by Crippen LogP contribution is -2.31. The second kappa shape index (κ2) is 6.09. The molecule has 1 aromatic heterocycles. The predicted octanol–water partition coefficient (Wildman–Crippen LogP) is 3.89. The molecule has 0 aliphatic heterocycles. The fraction of sp³-hybridized carbons (Fsp3) is 0.312. The van der Waals surface area contributed by atoms with Crippen molar-refractivity contribution in [2.24, 2.45) is 5.92 Å². The van der Waals surface area contributed by atoms with E-state index in [1.54, 1.807) is 23.5 Å². The van der Waals surface area contributed by atoms with Gasteiger partial charge in [-0.3, -0.25) is 4.79 Å². The molecule has 0 bridgehead atoms. The highest BCUT2D eigenvalue weighted by Crippen LogP contribution is 2.27. The normalized spacial score (nSPS) is 12.4. The molecule has 2 rings (SSSR count). The van der Waals surface area contributed by atoms with Gasteiger partial charge in [0.1, 0.15) is 5.75 Å². The number of thiophene rings is 1. The van der Waals surface area contributed by atoms with Crippen LogP contribution in [0.4, 0.5) is 0 Å². The number of carbonyl (C=O) groups excluding carboxylic acids is 1. The van der Waals surface area contributed by atoms with Gasteiger partial charge in [-0.15, -0.1) is 11.3 Å². The Morgan fingerprint density at radius 3 is 2.60 bits per heavy atom. The Hall–Kier alpha value is -1.81. The molecule has 0 fully saturated rings. The third kappa shape index (κ3) is 3.20. The highest BCUT2D eigenvalue weighted by Gasteiger charge is 2.21. The fourth-order valence-electron chi connectivity index (χ4n) is 2.09. The van der Waals surface area contributed by atoms with Gasteiger partial charge in [0.05, 0.1) is 11.6 Å². The number of amides is 1. The first-order chi connectivity index (χ1) is 9.49. The van der Waals surface area contributed by atoms with E-state index in [1.165, 1.54) is 0 Å². The second-order valence-electron chi connectivity index (χ2n) is 5.23. The standard InChI is InChI=1S/C16H19NO2S/c1-10(2)15(14-5-4-8-20-14)17-16(19)12-7-6-11(3)9-13(12)18/h4-10,15,18H,1-3H3,(H,17,19). The predicted molar refractivity (Wildman–Crippen MR) is 82.2 cm³/mol. The smallest absolute Gasteiger partial charge is 0.255 e. The lowest BCUT2D eigenvalue weighted by molar-refractivity contribution is 0.0924. The van der Waals surface area contributed by atoms with Crippen LogP contribution in [0.5, 0.6) is 5.75 Å². The number of hydrogen-bond donors (Lipinski definition) is 2. The van der Waals surface area contributed by atoms with Gasteiger partial charge in [-0.05, 0) is 42.0 Å². The zero-order valence-corrected chi connectivity index (χ0v) is 12.7. The summed E-state index contributed by atoms with van der Waals surface area (Å²) < 4.78 is 0. The Morgan fingerprint density at radius 1 is 1.30 bits per heavy atom. The summed E-state index contributed by atoms with van der Waals surface area (Å²) in [7, 11) is 0. The van der Waals surface area contributed by atoms with E-state index >= 15 is 0 Å². The number of aromatic hydroxyl groups is 1. The second-order valence-corrected chi connectivity index (χ2v) is 6.21. The van der Waals surface area contributed by atoms with Gasteiger partial charge >= 0.3 is 0 Å². The summed E-state index contributed by atoms with van der Waals surface area (Å²) >= 11 is 1.63. The molecule has 106 valence electrons. The molecule has 4 heteroatoms. The molecule has 1 aromatic carbocycles. The molecular formula is C16H19NO2S. The zero-order valence-electron chi connectivity index (χ0n) is 11.9. The first-order valence-electron chi connectivity index (χ1n) is 6.63. The summed E-state index contributed by atoms with van der Waals surface area (Å²) in [5.41, 5.74) is 1.25. The van der Waals surface area contributed by atoms with Crippen molar-refractivity contribution in [2.75, 3.05) is 0 Å². The van der Waals surface area contributed by atoms with Crippen LogP contribution < -0.4 is 5.32 Å². The van der Waals surface area contributed by atoms with Crippen LogP contribution in [0.2, 0.25) is 0 Å². The molecule has 3 nitrogen and oxygen atoms in total. The van der Waals surface area contributed by atoms with E-state index in [0.29, 0.717) is 5.56 Å². The van der Waals surface area contributed by atoms with Gasteiger partial charge in [0.15, 0.2) is 0 Å². The van der Waals surface area contributed by atoms with Gasteiger partial charge in [-0.25, -0.2) is 0 Å². The summed E-state index contributed by atoms with van der Waals surface area (Å²) in [4.78, 5) is 13.4. The Labute approximate surface area is 123 Å². The lowest BCUT2D eigenvalue weighted by Gasteiger charge is -2.21. The summed E-state index contributed by atoms with van der Waals surface area (Å²) in [5, 5.41) is 14.9. The molecule has 0 aliphatic carbocycles. The molecule has 0 aliphatic rings. The van der Waals surface area contributed by atoms with Crippen molar-refractivity contribution >= 4 is 17.2 Å². The van der Waals surface area contributed by atoms with Gasteiger partial charge in [0, 0.05) is 4.88 Å². The topological polar surface area (TPSA) is 49.3 Å². The molecule has 2 aromatic rings. The van der Waals surface area contributed by atoms with Crippen molar-refractivity contribution in [3.63, 3.8) is 0 Å². The number of phenolic OH excluding ortho intramolecular Hbond substituents is 1. The molecule has 20 heavy (non-hydrogen) atoms. The van der Waals surface area contributed by atoms with Crippen LogP contribution in [0.3, 0.4) is 0 Å². The number of carbonyl (C=O) groups is 1. The molecule has 0 saturated carbocycles. The van der Waals surface area contributed by atoms with E-state index in [4.69, 9.17) is 0 Å². The zero-order chi connectivity index (χ0) is 14.7.